The van der Waals surface area contributed by atoms with E-state index in [2.05, 4.69) is 5.32 Å². The summed E-state index contributed by atoms with van der Waals surface area (Å²) >= 11 is 0. The molecule has 0 bridgehead atoms. The highest BCUT2D eigenvalue weighted by Gasteiger charge is 2.26. The van der Waals surface area contributed by atoms with Gasteiger partial charge in [0.1, 0.15) is 0 Å². The standard InChI is InChI=1S/C22H26N2O5S/c1-16-6-9-19(14-17(16)2)23-21(25)15-29-22(26)18-7-10-20(11-8-18)30(27,28)24-12-4-3-5-13-24/h6-11,14H,3-5,12-13,15H2,1-2H3,(H,23,25). The fourth-order valence-corrected chi connectivity index (χ4v) is 4.77. The Balaban J connectivity index is 1.56. The molecule has 3 rings (SSSR count). The Hall–Kier alpha value is -2.71. The summed E-state index contributed by atoms with van der Waals surface area (Å²) in [6.45, 7) is 4.52. The SMILES string of the molecule is Cc1ccc(NC(=O)COC(=O)c2ccc(S(=O)(=O)N3CCCCC3)cc2)cc1C. The molecule has 2 aromatic carbocycles. The third-order valence-electron chi connectivity index (χ3n) is 5.17. The summed E-state index contributed by atoms with van der Waals surface area (Å²) in [4.78, 5) is 24.4. The lowest BCUT2D eigenvalue weighted by molar-refractivity contribution is -0.119. The second-order valence-electron chi connectivity index (χ2n) is 7.41. The molecule has 30 heavy (non-hydrogen) atoms. The molecule has 7 nitrogen and oxygen atoms in total. The van der Waals surface area contributed by atoms with E-state index in [4.69, 9.17) is 4.74 Å². The number of anilines is 1. The lowest BCUT2D eigenvalue weighted by Gasteiger charge is -2.25. The van der Waals surface area contributed by atoms with E-state index < -0.39 is 28.5 Å². The zero-order valence-corrected chi connectivity index (χ0v) is 18.0. The monoisotopic (exact) mass is 430 g/mol. The van der Waals surface area contributed by atoms with Gasteiger partial charge >= 0.3 is 5.97 Å². The van der Waals surface area contributed by atoms with Gasteiger partial charge in [0.2, 0.25) is 10.0 Å². The Labute approximate surface area is 177 Å². The maximum absolute atomic E-state index is 12.7. The zero-order chi connectivity index (χ0) is 21.7. The minimum absolute atomic E-state index is 0.147. The number of carbonyl (C=O) groups excluding carboxylic acids is 2. The fraction of sp³-hybridized carbons (Fsp3) is 0.364. The predicted molar refractivity (Wildman–Crippen MR) is 114 cm³/mol. The molecule has 0 spiro atoms. The Kier molecular flexibility index (Phi) is 6.89. The van der Waals surface area contributed by atoms with Crippen LogP contribution in [0.3, 0.4) is 0 Å². The minimum Gasteiger partial charge on any atom is -0.452 e. The first-order valence-corrected chi connectivity index (χ1v) is 11.4. The highest BCUT2D eigenvalue weighted by atomic mass is 32.2. The van der Waals surface area contributed by atoms with E-state index in [1.165, 1.54) is 28.6 Å². The largest absolute Gasteiger partial charge is 0.452 e. The van der Waals surface area contributed by atoms with E-state index in [9.17, 15) is 18.0 Å². The van der Waals surface area contributed by atoms with Gasteiger partial charge in [0, 0.05) is 18.8 Å². The number of sulfonamides is 1. The van der Waals surface area contributed by atoms with Crippen molar-refractivity contribution >= 4 is 27.6 Å². The van der Waals surface area contributed by atoms with Crippen molar-refractivity contribution in [2.24, 2.45) is 0 Å². The summed E-state index contributed by atoms with van der Waals surface area (Å²) < 4.78 is 31.8. The predicted octanol–water partition coefficient (Wildman–Crippen LogP) is 3.27. The molecule has 0 aliphatic carbocycles. The number of piperidine rings is 1. The molecule has 1 N–H and O–H groups in total. The highest BCUT2D eigenvalue weighted by molar-refractivity contribution is 7.89. The van der Waals surface area contributed by atoms with Crippen molar-refractivity contribution in [1.82, 2.24) is 4.31 Å². The van der Waals surface area contributed by atoms with Crippen molar-refractivity contribution in [3.63, 3.8) is 0 Å². The molecule has 2 aromatic rings. The average molecular weight is 431 g/mol. The zero-order valence-electron chi connectivity index (χ0n) is 17.2. The molecule has 0 unspecified atom stereocenters. The number of rotatable bonds is 6. The number of benzene rings is 2. The smallest absolute Gasteiger partial charge is 0.338 e. The molecular formula is C22H26N2O5S. The molecular weight excluding hydrogens is 404 g/mol. The number of hydrogen-bond donors (Lipinski definition) is 1. The maximum atomic E-state index is 12.7. The van der Waals surface area contributed by atoms with Gasteiger partial charge in [-0.1, -0.05) is 12.5 Å². The summed E-state index contributed by atoms with van der Waals surface area (Å²) in [7, 11) is -3.55. The third-order valence-corrected chi connectivity index (χ3v) is 7.08. The number of nitrogens with zero attached hydrogens (tertiary/aromatic N) is 1. The first-order chi connectivity index (χ1) is 14.3. The van der Waals surface area contributed by atoms with Crippen LogP contribution in [0.25, 0.3) is 0 Å². The highest BCUT2D eigenvalue weighted by Crippen LogP contribution is 2.21. The van der Waals surface area contributed by atoms with Gasteiger partial charge in [0.05, 0.1) is 10.5 Å². The van der Waals surface area contributed by atoms with Gasteiger partial charge in [-0.05, 0) is 74.2 Å². The molecule has 0 saturated carbocycles. The average Bonchev–Trinajstić information content (AvgIpc) is 2.75. The van der Waals surface area contributed by atoms with Gasteiger partial charge < -0.3 is 10.1 Å². The van der Waals surface area contributed by atoms with Crippen LogP contribution in [0.1, 0.15) is 40.7 Å². The van der Waals surface area contributed by atoms with E-state index >= 15 is 0 Å². The van der Waals surface area contributed by atoms with Gasteiger partial charge in [-0.15, -0.1) is 0 Å². The van der Waals surface area contributed by atoms with E-state index in [0.717, 1.165) is 30.4 Å². The number of esters is 1. The normalized spacial score (nSPS) is 14.9. The summed E-state index contributed by atoms with van der Waals surface area (Å²) in [5, 5.41) is 2.68. The van der Waals surface area contributed by atoms with E-state index in [0.29, 0.717) is 18.8 Å². The summed E-state index contributed by atoms with van der Waals surface area (Å²) in [6.07, 6.45) is 2.75. The van der Waals surface area contributed by atoms with Crippen LogP contribution in [0.5, 0.6) is 0 Å². The van der Waals surface area contributed by atoms with E-state index in [1.54, 1.807) is 6.07 Å². The number of ether oxygens (including phenoxy) is 1. The van der Waals surface area contributed by atoms with Gasteiger partial charge in [-0.2, -0.15) is 4.31 Å². The molecule has 1 aliphatic rings. The van der Waals surface area contributed by atoms with Gasteiger partial charge in [0.15, 0.2) is 6.61 Å². The van der Waals surface area contributed by atoms with Crippen molar-refractivity contribution in [1.29, 1.82) is 0 Å². The second kappa shape index (κ2) is 9.40. The minimum atomic E-state index is -3.55. The molecule has 1 amide bonds. The first-order valence-electron chi connectivity index (χ1n) is 9.92. The molecule has 0 atom stereocenters. The summed E-state index contributed by atoms with van der Waals surface area (Å²) in [6, 6.07) is 11.1. The Bertz CT molecular complexity index is 1030. The van der Waals surface area contributed by atoms with Crippen LogP contribution in [-0.4, -0.2) is 44.3 Å². The van der Waals surface area contributed by atoms with E-state index in [1.807, 2.05) is 26.0 Å². The molecule has 160 valence electrons. The molecule has 1 aliphatic heterocycles. The van der Waals surface area contributed by atoms with Crippen LogP contribution in [0, 0.1) is 13.8 Å². The Morgan fingerprint density at radius 2 is 1.63 bits per heavy atom. The van der Waals surface area contributed by atoms with Crippen LogP contribution >= 0.6 is 0 Å². The topological polar surface area (TPSA) is 92.8 Å². The second-order valence-corrected chi connectivity index (χ2v) is 9.35. The number of aryl methyl sites for hydroxylation is 2. The van der Waals surface area contributed by atoms with Crippen molar-refractivity contribution in [3.05, 3.63) is 59.2 Å². The van der Waals surface area contributed by atoms with Gasteiger partial charge in [-0.25, -0.2) is 13.2 Å². The lowest BCUT2D eigenvalue weighted by Crippen LogP contribution is -2.35. The quantitative estimate of drug-likeness (QED) is 0.710. The molecule has 1 fully saturated rings. The number of nitrogens with one attached hydrogen (secondary N) is 1. The Morgan fingerprint density at radius 3 is 2.27 bits per heavy atom. The molecule has 8 heteroatoms. The fourth-order valence-electron chi connectivity index (χ4n) is 3.25. The van der Waals surface area contributed by atoms with Gasteiger partial charge in [-0.3, -0.25) is 4.79 Å². The molecule has 1 heterocycles. The number of carbonyl (C=O) groups is 2. The van der Waals surface area contributed by atoms with E-state index in [-0.39, 0.29) is 10.5 Å². The molecule has 1 saturated heterocycles. The van der Waals surface area contributed by atoms with Crippen molar-refractivity contribution < 1.29 is 22.7 Å². The maximum Gasteiger partial charge on any atom is 0.338 e. The summed E-state index contributed by atoms with van der Waals surface area (Å²) in [5.41, 5.74) is 2.98. The Morgan fingerprint density at radius 1 is 0.967 bits per heavy atom. The number of hydrogen-bond acceptors (Lipinski definition) is 5. The molecule has 0 radical (unpaired) electrons. The van der Waals surface area contributed by atoms with Crippen molar-refractivity contribution in [2.45, 2.75) is 38.0 Å². The number of amides is 1. The summed E-state index contributed by atoms with van der Waals surface area (Å²) in [5.74, 6) is -1.14. The van der Waals surface area contributed by atoms with Crippen LogP contribution in [-0.2, 0) is 19.6 Å². The first kappa shape index (κ1) is 22.0. The van der Waals surface area contributed by atoms with Gasteiger partial charge in [0.25, 0.3) is 5.91 Å². The van der Waals surface area contributed by atoms with Crippen LogP contribution < -0.4 is 5.32 Å². The van der Waals surface area contributed by atoms with Crippen LogP contribution in [0.2, 0.25) is 0 Å². The lowest BCUT2D eigenvalue weighted by atomic mass is 10.1. The van der Waals surface area contributed by atoms with Crippen molar-refractivity contribution in [2.75, 3.05) is 25.0 Å². The molecule has 0 aromatic heterocycles. The van der Waals surface area contributed by atoms with Crippen LogP contribution in [0.15, 0.2) is 47.4 Å². The van der Waals surface area contributed by atoms with Crippen LogP contribution in [0.4, 0.5) is 5.69 Å². The third kappa shape index (κ3) is 5.25. The van der Waals surface area contributed by atoms with Crippen molar-refractivity contribution in [3.8, 4) is 0 Å².